The van der Waals surface area contributed by atoms with E-state index in [4.69, 9.17) is 4.74 Å². The summed E-state index contributed by atoms with van der Waals surface area (Å²) < 4.78 is 5.36. The van der Waals surface area contributed by atoms with Gasteiger partial charge in [0.2, 0.25) is 11.8 Å². The Morgan fingerprint density at radius 2 is 1.58 bits per heavy atom. The molecular weight excluding hydrogens is 330 g/mol. The summed E-state index contributed by atoms with van der Waals surface area (Å²) >= 11 is 0. The SMILES string of the molecule is COc1ccc(C(C)=O)cc1N1C(=O)[C@@H]2[C@@H](C1=O)[C@H]1C=C[C@@H]2C1=C(C)C. The zero-order valence-corrected chi connectivity index (χ0v) is 15.3. The quantitative estimate of drug-likeness (QED) is 0.477. The Bertz CT molecular complexity index is 873. The highest BCUT2D eigenvalue weighted by Gasteiger charge is 2.62. The lowest BCUT2D eigenvalue weighted by atomic mass is 9.85. The normalized spacial score (nSPS) is 28.8. The van der Waals surface area contributed by atoms with Gasteiger partial charge >= 0.3 is 0 Å². The smallest absolute Gasteiger partial charge is 0.238 e. The number of ketones is 1. The fourth-order valence-electron chi connectivity index (χ4n) is 4.75. The van der Waals surface area contributed by atoms with E-state index in [2.05, 4.69) is 12.2 Å². The zero-order valence-electron chi connectivity index (χ0n) is 15.3. The fourth-order valence-corrected chi connectivity index (χ4v) is 4.75. The van der Waals surface area contributed by atoms with Gasteiger partial charge < -0.3 is 4.74 Å². The van der Waals surface area contributed by atoms with Crippen LogP contribution in [0.1, 0.15) is 31.1 Å². The Balaban J connectivity index is 1.80. The van der Waals surface area contributed by atoms with E-state index in [-0.39, 0.29) is 41.3 Å². The second kappa shape index (κ2) is 5.66. The number of methoxy groups -OCH3 is 1. The van der Waals surface area contributed by atoms with Crippen molar-refractivity contribution < 1.29 is 19.1 Å². The Hall–Kier alpha value is -2.69. The third-order valence-corrected chi connectivity index (χ3v) is 5.82. The first-order valence-electron chi connectivity index (χ1n) is 8.79. The molecule has 0 spiro atoms. The molecule has 1 saturated heterocycles. The van der Waals surface area contributed by atoms with Crippen molar-refractivity contribution >= 4 is 23.3 Å². The molecule has 2 amide bonds. The number of nitrogens with zero attached hydrogens (tertiary/aromatic N) is 1. The van der Waals surface area contributed by atoms with E-state index in [0.29, 0.717) is 17.0 Å². The molecule has 1 heterocycles. The van der Waals surface area contributed by atoms with Crippen molar-refractivity contribution in [2.45, 2.75) is 20.8 Å². The monoisotopic (exact) mass is 351 g/mol. The predicted molar refractivity (Wildman–Crippen MR) is 97.0 cm³/mol. The van der Waals surface area contributed by atoms with E-state index in [1.807, 2.05) is 13.8 Å². The lowest BCUT2D eigenvalue weighted by molar-refractivity contribution is -0.123. The predicted octanol–water partition coefficient (Wildman–Crippen LogP) is 3.16. The number of hydrogen-bond donors (Lipinski definition) is 0. The van der Waals surface area contributed by atoms with Gasteiger partial charge in [-0.05, 0) is 39.0 Å². The molecule has 0 N–H and O–H groups in total. The van der Waals surface area contributed by atoms with Crippen LogP contribution in [0.25, 0.3) is 0 Å². The molecular formula is C21H21NO4. The van der Waals surface area contributed by atoms with E-state index >= 15 is 0 Å². The Kier molecular flexibility index (Phi) is 3.65. The number of carbonyl (C=O) groups excluding carboxylic acids is 3. The molecule has 1 aromatic rings. The van der Waals surface area contributed by atoms with Crippen LogP contribution in [0.2, 0.25) is 0 Å². The molecule has 134 valence electrons. The molecule has 1 aliphatic heterocycles. The molecule has 3 aliphatic rings. The van der Waals surface area contributed by atoms with Gasteiger partial charge in [0.1, 0.15) is 5.75 Å². The Morgan fingerprint density at radius 3 is 2.04 bits per heavy atom. The minimum absolute atomic E-state index is 0.00145. The number of fused-ring (bicyclic) bond motifs is 5. The molecule has 2 bridgehead atoms. The van der Waals surface area contributed by atoms with Gasteiger partial charge in [-0.2, -0.15) is 0 Å². The number of allylic oxidation sites excluding steroid dienone is 4. The summed E-state index contributed by atoms with van der Waals surface area (Å²) in [5.41, 5.74) is 3.21. The van der Waals surface area contributed by atoms with E-state index in [1.165, 1.54) is 30.1 Å². The van der Waals surface area contributed by atoms with Gasteiger partial charge in [-0.1, -0.05) is 23.3 Å². The van der Waals surface area contributed by atoms with Crippen molar-refractivity contribution in [2.24, 2.45) is 23.7 Å². The molecule has 0 unspecified atom stereocenters. The van der Waals surface area contributed by atoms with Crippen molar-refractivity contribution in [3.8, 4) is 5.75 Å². The van der Waals surface area contributed by atoms with Crippen LogP contribution in [-0.2, 0) is 9.59 Å². The highest BCUT2D eigenvalue weighted by Crippen LogP contribution is 2.57. The van der Waals surface area contributed by atoms with Gasteiger partial charge in [0.05, 0.1) is 24.6 Å². The lowest BCUT2D eigenvalue weighted by Crippen LogP contribution is -2.33. The number of benzene rings is 1. The number of hydrogen-bond acceptors (Lipinski definition) is 4. The molecule has 1 saturated carbocycles. The number of Topliss-reactive ketones (excluding diaryl/α,β-unsaturated/α-hetero) is 1. The van der Waals surface area contributed by atoms with Crippen molar-refractivity contribution in [2.75, 3.05) is 12.0 Å². The topological polar surface area (TPSA) is 63.7 Å². The molecule has 26 heavy (non-hydrogen) atoms. The first-order chi connectivity index (χ1) is 12.4. The largest absolute Gasteiger partial charge is 0.495 e. The van der Waals surface area contributed by atoms with Crippen molar-refractivity contribution in [3.05, 3.63) is 47.1 Å². The van der Waals surface area contributed by atoms with Gasteiger partial charge in [-0.15, -0.1) is 0 Å². The van der Waals surface area contributed by atoms with Crippen LogP contribution in [0.4, 0.5) is 5.69 Å². The molecule has 2 fully saturated rings. The first-order valence-corrected chi connectivity index (χ1v) is 8.79. The van der Waals surface area contributed by atoms with Crippen LogP contribution in [0.15, 0.2) is 41.5 Å². The maximum absolute atomic E-state index is 13.2. The lowest BCUT2D eigenvalue weighted by Gasteiger charge is -2.21. The van der Waals surface area contributed by atoms with Gasteiger partial charge in [0, 0.05) is 17.4 Å². The van der Waals surface area contributed by atoms with Crippen molar-refractivity contribution in [1.29, 1.82) is 0 Å². The van der Waals surface area contributed by atoms with Gasteiger partial charge in [0.15, 0.2) is 5.78 Å². The molecule has 0 aromatic heterocycles. The number of carbonyl (C=O) groups is 3. The summed E-state index contributed by atoms with van der Waals surface area (Å²) in [7, 11) is 1.49. The zero-order chi connectivity index (χ0) is 18.7. The van der Waals surface area contributed by atoms with Crippen LogP contribution < -0.4 is 9.64 Å². The summed E-state index contributed by atoms with van der Waals surface area (Å²) in [5, 5.41) is 0. The summed E-state index contributed by atoms with van der Waals surface area (Å²) in [6, 6.07) is 4.85. The molecule has 4 atom stereocenters. The maximum atomic E-state index is 13.2. The van der Waals surface area contributed by atoms with Crippen LogP contribution >= 0.6 is 0 Å². The van der Waals surface area contributed by atoms with Gasteiger partial charge in [-0.3, -0.25) is 14.4 Å². The van der Waals surface area contributed by atoms with E-state index in [9.17, 15) is 14.4 Å². The molecule has 1 aromatic carbocycles. The highest BCUT2D eigenvalue weighted by molar-refractivity contribution is 6.24. The summed E-state index contributed by atoms with van der Waals surface area (Å²) in [5.74, 6) is -0.816. The molecule has 0 radical (unpaired) electrons. The number of imide groups is 1. The van der Waals surface area contributed by atoms with Crippen LogP contribution in [0, 0.1) is 23.7 Å². The average Bonchev–Trinajstić information content (AvgIpc) is 3.24. The molecule has 5 nitrogen and oxygen atoms in total. The van der Waals surface area contributed by atoms with Crippen molar-refractivity contribution in [1.82, 2.24) is 0 Å². The Labute approximate surface area is 152 Å². The van der Waals surface area contributed by atoms with Crippen LogP contribution in [0.5, 0.6) is 5.75 Å². The van der Waals surface area contributed by atoms with Crippen LogP contribution in [-0.4, -0.2) is 24.7 Å². The molecule has 5 heteroatoms. The molecule has 4 rings (SSSR count). The molecule has 2 aliphatic carbocycles. The maximum Gasteiger partial charge on any atom is 0.238 e. The summed E-state index contributed by atoms with van der Waals surface area (Å²) in [6.45, 7) is 5.53. The van der Waals surface area contributed by atoms with Gasteiger partial charge in [0.25, 0.3) is 0 Å². The van der Waals surface area contributed by atoms with E-state index < -0.39 is 0 Å². The average molecular weight is 351 g/mol. The third-order valence-electron chi connectivity index (χ3n) is 5.82. The fraction of sp³-hybridized carbons (Fsp3) is 0.381. The van der Waals surface area contributed by atoms with Crippen LogP contribution in [0.3, 0.4) is 0 Å². The minimum Gasteiger partial charge on any atom is -0.495 e. The number of rotatable bonds is 3. The van der Waals surface area contributed by atoms with Gasteiger partial charge in [-0.25, -0.2) is 4.90 Å². The number of amides is 2. The van der Waals surface area contributed by atoms with E-state index in [1.54, 1.807) is 18.2 Å². The second-order valence-corrected chi connectivity index (χ2v) is 7.40. The summed E-state index contributed by atoms with van der Waals surface area (Å²) in [4.78, 5) is 39.4. The van der Waals surface area contributed by atoms with E-state index in [0.717, 1.165) is 0 Å². The second-order valence-electron chi connectivity index (χ2n) is 7.40. The minimum atomic E-state index is -0.354. The Morgan fingerprint density at radius 1 is 1.00 bits per heavy atom. The highest BCUT2D eigenvalue weighted by atomic mass is 16.5. The number of anilines is 1. The third kappa shape index (κ3) is 2.06. The first kappa shape index (κ1) is 16.8. The van der Waals surface area contributed by atoms with Crippen molar-refractivity contribution in [3.63, 3.8) is 0 Å². The number of ether oxygens (including phenoxy) is 1. The standard InChI is InChI=1S/C21H21NO4/c1-10(2)17-13-6-7-14(17)19-18(13)20(24)22(21(19)25)15-9-12(11(3)23)5-8-16(15)26-4/h5-9,13-14,18-19H,1-4H3/t13-,14+,18-,19-/m0/s1. The summed E-state index contributed by atoms with van der Waals surface area (Å²) in [6.07, 6.45) is 4.12.